The summed E-state index contributed by atoms with van der Waals surface area (Å²) in [5, 5.41) is 22.9. The molecule has 0 rings (SSSR count). The van der Waals surface area contributed by atoms with Crippen LogP contribution in [0, 0.1) is 0 Å². The fourth-order valence-electron chi connectivity index (χ4n) is 6.87. The van der Waals surface area contributed by atoms with Gasteiger partial charge >= 0.3 is 5.97 Å². The van der Waals surface area contributed by atoms with E-state index < -0.39 is 12.1 Å². The summed E-state index contributed by atoms with van der Waals surface area (Å²) in [7, 11) is 0. The van der Waals surface area contributed by atoms with Gasteiger partial charge in [-0.05, 0) is 51.4 Å². The number of aliphatic hydroxyl groups excluding tert-OH is 2. The van der Waals surface area contributed by atoms with Crippen molar-refractivity contribution in [2.75, 3.05) is 13.2 Å². The number of nitrogens with one attached hydrogen (secondary N) is 1. The highest BCUT2D eigenvalue weighted by Crippen LogP contribution is 2.15. The van der Waals surface area contributed by atoms with Crippen LogP contribution in [0.15, 0.2) is 24.3 Å². The normalized spacial score (nSPS) is 12.9. The summed E-state index contributed by atoms with van der Waals surface area (Å²) >= 11 is 0. The van der Waals surface area contributed by atoms with Gasteiger partial charge in [0.2, 0.25) is 5.91 Å². The molecule has 0 radical (unpaired) electrons. The van der Waals surface area contributed by atoms with Crippen LogP contribution >= 0.6 is 0 Å². The van der Waals surface area contributed by atoms with Gasteiger partial charge < -0.3 is 20.3 Å². The molecule has 312 valence electrons. The fraction of sp³-hybridized carbons (Fsp3) is 0.872. The molecule has 0 aliphatic rings. The average Bonchev–Trinajstić information content (AvgIpc) is 3.16. The first-order chi connectivity index (χ1) is 26.0. The van der Waals surface area contributed by atoms with Crippen molar-refractivity contribution in [1.29, 1.82) is 0 Å². The maximum Gasteiger partial charge on any atom is 0.305 e. The molecule has 6 heteroatoms. The van der Waals surface area contributed by atoms with Crippen LogP contribution in [0.3, 0.4) is 0 Å². The van der Waals surface area contributed by atoms with Crippen molar-refractivity contribution < 1.29 is 24.5 Å². The number of hydrogen-bond donors (Lipinski definition) is 3. The van der Waals surface area contributed by atoms with Gasteiger partial charge in [0, 0.05) is 12.8 Å². The van der Waals surface area contributed by atoms with Gasteiger partial charge in [-0.2, -0.15) is 0 Å². The van der Waals surface area contributed by atoms with E-state index in [-0.39, 0.29) is 18.5 Å². The molecular weight excluding hydrogens is 659 g/mol. The first-order valence-corrected chi connectivity index (χ1v) is 23.1. The second-order valence-corrected chi connectivity index (χ2v) is 15.7. The van der Waals surface area contributed by atoms with E-state index in [0.717, 1.165) is 70.6 Å². The largest absolute Gasteiger partial charge is 0.466 e. The summed E-state index contributed by atoms with van der Waals surface area (Å²) in [4.78, 5) is 24.4. The summed E-state index contributed by atoms with van der Waals surface area (Å²) in [5.41, 5.74) is 0. The number of unbranched alkanes of at least 4 members (excludes halogenated alkanes) is 29. The molecule has 3 N–H and O–H groups in total. The molecule has 0 aliphatic carbocycles. The quantitative estimate of drug-likeness (QED) is 0.0328. The number of allylic oxidation sites excluding steroid dienone is 3. The molecule has 0 aromatic rings. The lowest BCUT2D eigenvalue weighted by atomic mass is 10.0. The molecule has 0 aromatic heterocycles. The van der Waals surface area contributed by atoms with Gasteiger partial charge in [-0.1, -0.05) is 199 Å². The lowest BCUT2D eigenvalue weighted by molar-refractivity contribution is -0.143. The average molecular weight is 748 g/mol. The molecule has 2 atom stereocenters. The van der Waals surface area contributed by atoms with Gasteiger partial charge in [0.25, 0.3) is 0 Å². The minimum Gasteiger partial charge on any atom is -0.466 e. The SMILES string of the molecule is CCCCCCCCCCCC/C=C/C(O)C(CO)NC(=O)CCC/C=C\CCCCCCOC(=O)CCCCCCCCCCCCCCCCC. The second kappa shape index (κ2) is 43.1. The highest BCUT2D eigenvalue weighted by atomic mass is 16.5. The van der Waals surface area contributed by atoms with E-state index in [2.05, 4.69) is 31.3 Å². The number of ether oxygens (including phenoxy) is 1. The van der Waals surface area contributed by atoms with Crippen molar-refractivity contribution in [2.45, 2.75) is 251 Å². The highest BCUT2D eigenvalue weighted by Gasteiger charge is 2.17. The Balaban J connectivity index is 3.57. The lowest BCUT2D eigenvalue weighted by Gasteiger charge is -2.19. The number of amides is 1. The molecule has 6 nitrogen and oxygen atoms in total. The predicted octanol–water partition coefficient (Wildman–Crippen LogP) is 13.2. The molecule has 0 saturated heterocycles. The Hall–Kier alpha value is -1.66. The Morgan fingerprint density at radius 2 is 0.906 bits per heavy atom. The Morgan fingerprint density at radius 1 is 0.509 bits per heavy atom. The van der Waals surface area contributed by atoms with Crippen LogP contribution in [0.25, 0.3) is 0 Å². The van der Waals surface area contributed by atoms with Crippen LogP contribution in [0.1, 0.15) is 239 Å². The number of rotatable bonds is 42. The van der Waals surface area contributed by atoms with Crippen LogP contribution in [-0.2, 0) is 14.3 Å². The van der Waals surface area contributed by atoms with Crippen molar-refractivity contribution in [2.24, 2.45) is 0 Å². The van der Waals surface area contributed by atoms with Crippen molar-refractivity contribution in [3.8, 4) is 0 Å². The zero-order chi connectivity index (χ0) is 38.7. The minimum atomic E-state index is -0.873. The Labute approximate surface area is 329 Å². The molecule has 0 aromatic carbocycles. The van der Waals surface area contributed by atoms with Crippen molar-refractivity contribution >= 4 is 11.9 Å². The molecule has 0 spiro atoms. The van der Waals surface area contributed by atoms with E-state index in [9.17, 15) is 19.8 Å². The first-order valence-electron chi connectivity index (χ1n) is 23.1. The van der Waals surface area contributed by atoms with Crippen molar-refractivity contribution in [3.05, 3.63) is 24.3 Å². The Kier molecular flexibility index (Phi) is 41.7. The highest BCUT2D eigenvalue weighted by molar-refractivity contribution is 5.76. The van der Waals surface area contributed by atoms with Gasteiger partial charge in [-0.25, -0.2) is 0 Å². The summed E-state index contributed by atoms with van der Waals surface area (Å²) in [6, 6.07) is -0.663. The van der Waals surface area contributed by atoms with Gasteiger partial charge in [0.15, 0.2) is 0 Å². The molecule has 0 aliphatic heterocycles. The van der Waals surface area contributed by atoms with E-state index in [1.807, 2.05) is 6.08 Å². The fourth-order valence-corrected chi connectivity index (χ4v) is 6.87. The van der Waals surface area contributed by atoms with Crippen LogP contribution in [0.5, 0.6) is 0 Å². The number of carbonyl (C=O) groups is 2. The van der Waals surface area contributed by atoms with E-state index in [1.54, 1.807) is 6.08 Å². The van der Waals surface area contributed by atoms with E-state index in [4.69, 9.17) is 4.74 Å². The van der Waals surface area contributed by atoms with Gasteiger partial charge in [0.05, 0.1) is 25.4 Å². The maximum atomic E-state index is 12.3. The molecule has 2 unspecified atom stereocenters. The third kappa shape index (κ3) is 39.8. The Bertz CT molecular complexity index is 828. The van der Waals surface area contributed by atoms with Gasteiger partial charge in [-0.3, -0.25) is 9.59 Å². The second-order valence-electron chi connectivity index (χ2n) is 15.7. The zero-order valence-electron chi connectivity index (χ0n) is 35.2. The van der Waals surface area contributed by atoms with Crippen LogP contribution < -0.4 is 5.32 Å². The first kappa shape index (κ1) is 51.3. The van der Waals surface area contributed by atoms with Gasteiger partial charge in [-0.15, -0.1) is 0 Å². The van der Waals surface area contributed by atoms with E-state index in [0.29, 0.717) is 19.4 Å². The Morgan fingerprint density at radius 3 is 1.38 bits per heavy atom. The molecule has 1 amide bonds. The van der Waals surface area contributed by atoms with Crippen LogP contribution in [-0.4, -0.2) is 47.4 Å². The molecule has 53 heavy (non-hydrogen) atoms. The molecular formula is C47H89NO5. The lowest BCUT2D eigenvalue weighted by Crippen LogP contribution is -2.45. The molecule has 0 heterocycles. The van der Waals surface area contributed by atoms with E-state index >= 15 is 0 Å². The predicted molar refractivity (Wildman–Crippen MR) is 227 cm³/mol. The molecule has 0 fully saturated rings. The summed E-state index contributed by atoms with van der Waals surface area (Å²) in [5.74, 6) is -0.166. The molecule has 0 bridgehead atoms. The summed E-state index contributed by atoms with van der Waals surface area (Å²) in [6.07, 6.45) is 48.9. The van der Waals surface area contributed by atoms with Crippen LogP contribution in [0.2, 0.25) is 0 Å². The number of aliphatic hydroxyl groups is 2. The van der Waals surface area contributed by atoms with Crippen LogP contribution in [0.4, 0.5) is 0 Å². The van der Waals surface area contributed by atoms with E-state index in [1.165, 1.54) is 141 Å². The van der Waals surface area contributed by atoms with Crippen molar-refractivity contribution in [1.82, 2.24) is 5.32 Å². The topological polar surface area (TPSA) is 95.9 Å². The van der Waals surface area contributed by atoms with Crippen molar-refractivity contribution in [3.63, 3.8) is 0 Å². The number of hydrogen-bond acceptors (Lipinski definition) is 5. The van der Waals surface area contributed by atoms with Gasteiger partial charge in [0.1, 0.15) is 0 Å². The maximum absolute atomic E-state index is 12.3. The number of esters is 1. The smallest absolute Gasteiger partial charge is 0.305 e. The standard InChI is InChI=1S/C47H89NO5/c1-3-5-7-9-11-13-15-17-18-19-21-25-29-33-37-41-47(52)53-42-38-34-30-26-22-24-28-32-36-40-46(51)48-44(43-49)45(50)39-35-31-27-23-20-16-14-12-10-8-6-4-2/h24,28,35,39,44-45,49-50H,3-23,25-27,29-34,36-38,40-43H2,1-2H3,(H,48,51)/b28-24-,39-35+. The minimum absolute atomic E-state index is 0.0361. The summed E-state index contributed by atoms with van der Waals surface area (Å²) in [6.45, 7) is 4.79. The zero-order valence-corrected chi connectivity index (χ0v) is 35.2. The third-order valence-electron chi connectivity index (χ3n) is 10.5. The summed E-state index contributed by atoms with van der Waals surface area (Å²) < 4.78 is 5.43. The monoisotopic (exact) mass is 748 g/mol. The number of carbonyl (C=O) groups excluding carboxylic acids is 2. The molecule has 0 saturated carbocycles. The third-order valence-corrected chi connectivity index (χ3v) is 10.5.